The summed E-state index contributed by atoms with van der Waals surface area (Å²) >= 11 is 0. The highest BCUT2D eigenvalue weighted by Crippen LogP contribution is 2.29. The molecule has 3 rings (SSSR count). The molecule has 0 radical (unpaired) electrons. The highest BCUT2D eigenvalue weighted by atomic mass is 19.1. The van der Waals surface area contributed by atoms with Gasteiger partial charge in [0.2, 0.25) is 0 Å². The van der Waals surface area contributed by atoms with E-state index in [-0.39, 0.29) is 11.9 Å². The second kappa shape index (κ2) is 4.69. The molecule has 1 aliphatic rings. The topological polar surface area (TPSA) is 21.3 Å². The molecule has 92 valence electrons. The third-order valence-corrected chi connectivity index (χ3v) is 3.05. The van der Waals surface area contributed by atoms with Gasteiger partial charge in [0.15, 0.2) is 0 Å². The Kier molecular flexibility index (Phi) is 2.89. The van der Waals surface area contributed by atoms with Gasteiger partial charge in [0.1, 0.15) is 17.7 Å². The number of fused-ring (bicyclic) bond motifs is 1. The average molecular weight is 243 g/mol. The van der Waals surface area contributed by atoms with Crippen molar-refractivity contribution in [1.29, 1.82) is 0 Å². The summed E-state index contributed by atoms with van der Waals surface area (Å²) in [7, 11) is 0. The van der Waals surface area contributed by atoms with E-state index in [4.69, 9.17) is 4.74 Å². The average Bonchev–Trinajstić information content (AvgIpc) is 2.39. The van der Waals surface area contributed by atoms with Gasteiger partial charge < -0.3 is 10.1 Å². The van der Waals surface area contributed by atoms with Gasteiger partial charge in [-0.15, -0.1) is 0 Å². The largest absolute Gasteiger partial charge is 0.486 e. The minimum Gasteiger partial charge on any atom is -0.486 e. The van der Waals surface area contributed by atoms with Crippen LogP contribution in [0.3, 0.4) is 0 Å². The van der Waals surface area contributed by atoms with Crippen molar-refractivity contribution in [2.75, 3.05) is 11.9 Å². The Morgan fingerprint density at radius 2 is 2.06 bits per heavy atom. The Bertz CT molecular complexity index is 556. The van der Waals surface area contributed by atoms with Crippen LogP contribution in [-0.4, -0.2) is 12.6 Å². The quantitative estimate of drug-likeness (QED) is 0.874. The van der Waals surface area contributed by atoms with Gasteiger partial charge in [-0.3, -0.25) is 0 Å². The lowest BCUT2D eigenvalue weighted by Gasteiger charge is -2.27. The zero-order valence-electron chi connectivity index (χ0n) is 9.90. The van der Waals surface area contributed by atoms with Crippen LogP contribution in [0.4, 0.5) is 10.1 Å². The maximum atomic E-state index is 13.1. The number of rotatable bonds is 2. The van der Waals surface area contributed by atoms with E-state index in [1.54, 1.807) is 12.1 Å². The molecule has 18 heavy (non-hydrogen) atoms. The van der Waals surface area contributed by atoms with E-state index < -0.39 is 0 Å². The molecule has 1 unspecified atom stereocenters. The zero-order chi connectivity index (χ0) is 12.4. The standard InChI is InChI=1S/C15H14FNO/c16-12-5-3-4-11(8-12)9-13-10-17-14-6-1-2-7-15(14)18-13/h1-8,13,17H,9-10H2. The SMILES string of the molecule is Fc1cccc(CC2CNc3ccccc3O2)c1. The molecular formula is C15H14FNO. The van der Waals surface area contributed by atoms with Crippen molar-refractivity contribution in [1.82, 2.24) is 0 Å². The van der Waals surface area contributed by atoms with Gasteiger partial charge in [-0.25, -0.2) is 4.39 Å². The van der Waals surface area contributed by atoms with Crippen molar-refractivity contribution in [3.05, 3.63) is 59.9 Å². The molecule has 0 saturated carbocycles. The molecule has 2 aromatic rings. The molecule has 0 amide bonds. The molecule has 1 aliphatic heterocycles. The summed E-state index contributed by atoms with van der Waals surface area (Å²) in [5, 5.41) is 3.33. The van der Waals surface area contributed by atoms with Crippen LogP contribution < -0.4 is 10.1 Å². The normalized spacial score (nSPS) is 17.5. The van der Waals surface area contributed by atoms with Gasteiger partial charge in [-0.2, -0.15) is 0 Å². The first-order valence-electron chi connectivity index (χ1n) is 6.05. The monoisotopic (exact) mass is 243 g/mol. The Morgan fingerprint density at radius 1 is 1.17 bits per heavy atom. The fourth-order valence-electron chi connectivity index (χ4n) is 2.20. The molecule has 0 fully saturated rings. The van der Waals surface area contributed by atoms with Crippen molar-refractivity contribution in [3.63, 3.8) is 0 Å². The molecule has 1 heterocycles. The number of halogens is 1. The summed E-state index contributed by atoms with van der Waals surface area (Å²) in [5.41, 5.74) is 1.98. The van der Waals surface area contributed by atoms with E-state index in [9.17, 15) is 4.39 Å². The van der Waals surface area contributed by atoms with Crippen LogP contribution >= 0.6 is 0 Å². The third kappa shape index (κ3) is 2.30. The summed E-state index contributed by atoms with van der Waals surface area (Å²) in [6, 6.07) is 14.5. The predicted molar refractivity (Wildman–Crippen MR) is 69.5 cm³/mol. The van der Waals surface area contributed by atoms with Crippen LogP contribution in [0.5, 0.6) is 5.75 Å². The van der Waals surface area contributed by atoms with Crippen molar-refractivity contribution in [2.45, 2.75) is 12.5 Å². The molecule has 0 bridgehead atoms. The summed E-state index contributed by atoms with van der Waals surface area (Å²) in [6.45, 7) is 0.744. The summed E-state index contributed by atoms with van der Waals surface area (Å²) in [4.78, 5) is 0. The van der Waals surface area contributed by atoms with Crippen LogP contribution in [0.2, 0.25) is 0 Å². The van der Waals surface area contributed by atoms with Gasteiger partial charge >= 0.3 is 0 Å². The molecule has 2 aromatic carbocycles. The number of hydrogen-bond donors (Lipinski definition) is 1. The molecule has 0 aromatic heterocycles. The summed E-state index contributed by atoms with van der Waals surface area (Å²) in [6.07, 6.45) is 0.751. The molecule has 0 saturated heterocycles. The van der Waals surface area contributed by atoms with Gasteiger partial charge in [-0.05, 0) is 29.8 Å². The highest BCUT2D eigenvalue weighted by molar-refractivity contribution is 5.57. The molecule has 3 heteroatoms. The number of ether oxygens (including phenoxy) is 1. The van der Waals surface area contributed by atoms with E-state index in [1.165, 1.54) is 6.07 Å². The van der Waals surface area contributed by atoms with E-state index in [2.05, 4.69) is 5.32 Å². The van der Waals surface area contributed by atoms with Crippen LogP contribution in [-0.2, 0) is 6.42 Å². The minimum atomic E-state index is -0.198. The number of benzene rings is 2. The maximum Gasteiger partial charge on any atom is 0.142 e. The first-order chi connectivity index (χ1) is 8.81. The van der Waals surface area contributed by atoms with Crippen molar-refractivity contribution in [2.24, 2.45) is 0 Å². The summed E-state index contributed by atoms with van der Waals surface area (Å²) in [5.74, 6) is 0.668. The summed E-state index contributed by atoms with van der Waals surface area (Å²) < 4.78 is 19.0. The van der Waals surface area contributed by atoms with Crippen molar-refractivity contribution in [3.8, 4) is 5.75 Å². The Morgan fingerprint density at radius 3 is 2.94 bits per heavy atom. The van der Waals surface area contributed by atoms with Crippen LogP contribution in [0.25, 0.3) is 0 Å². The fourth-order valence-corrected chi connectivity index (χ4v) is 2.20. The molecule has 2 nitrogen and oxygen atoms in total. The van der Waals surface area contributed by atoms with E-state index in [1.807, 2.05) is 30.3 Å². The second-order valence-corrected chi connectivity index (χ2v) is 4.45. The first-order valence-corrected chi connectivity index (χ1v) is 6.05. The fraction of sp³-hybridized carbons (Fsp3) is 0.200. The van der Waals surface area contributed by atoms with Gasteiger partial charge in [-0.1, -0.05) is 24.3 Å². The lowest BCUT2D eigenvalue weighted by Crippen LogP contribution is -2.32. The van der Waals surface area contributed by atoms with E-state index >= 15 is 0 Å². The van der Waals surface area contributed by atoms with Gasteiger partial charge in [0, 0.05) is 6.42 Å². The Hall–Kier alpha value is -2.03. The molecule has 0 spiro atoms. The van der Waals surface area contributed by atoms with Crippen molar-refractivity contribution < 1.29 is 9.13 Å². The lowest BCUT2D eigenvalue weighted by atomic mass is 10.1. The van der Waals surface area contributed by atoms with E-state index in [0.29, 0.717) is 6.42 Å². The van der Waals surface area contributed by atoms with E-state index in [0.717, 1.165) is 23.5 Å². The minimum absolute atomic E-state index is 0.0432. The van der Waals surface area contributed by atoms with Crippen LogP contribution in [0, 0.1) is 5.82 Å². The number of anilines is 1. The van der Waals surface area contributed by atoms with Gasteiger partial charge in [0.05, 0.1) is 12.2 Å². The number of nitrogens with one attached hydrogen (secondary N) is 1. The number of para-hydroxylation sites is 2. The number of hydrogen-bond acceptors (Lipinski definition) is 2. The van der Waals surface area contributed by atoms with Gasteiger partial charge in [0.25, 0.3) is 0 Å². The molecule has 1 atom stereocenters. The Balaban J connectivity index is 1.73. The zero-order valence-corrected chi connectivity index (χ0v) is 9.90. The lowest BCUT2D eigenvalue weighted by molar-refractivity contribution is 0.206. The molecular weight excluding hydrogens is 229 g/mol. The van der Waals surface area contributed by atoms with Crippen molar-refractivity contribution >= 4 is 5.69 Å². The highest BCUT2D eigenvalue weighted by Gasteiger charge is 2.18. The predicted octanol–water partition coefficient (Wildman–Crippen LogP) is 3.24. The first kappa shape index (κ1) is 11.1. The van der Waals surface area contributed by atoms with Crippen LogP contribution in [0.1, 0.15) is 5.56 Å². The molecule has 0 aliphatic carbocycles. The van der Waals surface area contributed by atoms with Crippen LogP contribution in [0.15, 0.2) is 48.5 Å². The Labute approximate surface area is 105 Å². The molecule has 1 N–H and O–H groups in total. The second-order valence-electron chi connectivity index (χ2n) is 4.45. The third-order valence-electron chi connectivity index (χ3n) is 3.05. The smallest absolute Gasteiger partial charge is 0.142 e. The maximum absolute atomic E-state index is 13.1.